The second-order valence-electron chi connectivity index (χ2n) is 4.02. The lowest BCUT2D eigenvalue weighted by atomic mass is 10.4. The summed E-state index contributed by atoms with van der Waals surface area (Å²) in [6, 6.07) is 16.1. The molecule has 2 aromatic carbocycles. The molecule has 2 rings (SSSR count). The molecule has 0 aliphatic carbocycles. The van der Waals surface area contributed by atoms with E-state index in [1.165, 1.54) is 12.1 Å². The van der Waals surface area contributed by atoms with E-state index in [4.69, 9.17) is 11.6 Å². The van der Waals surface area contributed by atoms with Gasteiger partial charge in [-0.3, -0.25) is 0 Å². The van der Waals surface area contributed by atoms with E-state index in [-0.39, 0.29) is 4.90 Å². The third-order valence-electron chi connectivity index (χ3n) is 2.51. The average molecular weight is 328 g/mol. The predicted molar refractivity (Wildman–Crippen MR) is 83.8 cm³/mol. The van der Waals surface area contributed by atoms with E-state index in [9.17, 15) is 8.42 Å². The normalized spacial score (nSPS) is 11.4. The Balaban J connectivity index is 1.87. The molecule has 20 heavy (non-hydrogen) atoms. The van der Waals surface area contributed by atoms with Gasteiger partial charge in [-0.25, -0.2) is 13.1 Å². The van der Waals surface area contributed by atoms with E-state index in [1.54, 1.807) is 23.9 Å². The first kappa shape index (κ1) is 15.4. The lowest BCUT2D eigenvalue weighted by Gasteiger charge is -2.07. The second kappa shape index (κ2) is 7.13. The number of hydrogen-bond acceptors (Lipinski definition) is 3. The van der Waals surface area contributed by atoms with Crippen LogP contribution in [0.4, 0.5) is 0 Å². The van der Waals surface area contributed by atoms with Gasteiger partial charge >= 0.3 is 0 Å². The number of benzene rings is 2. The number of rotatable bonds is 6. The van der Waals surface area contributed by atoms with Crippen molar-refractivity contribution in [3.05, 3.63) is 59.6 Å². The molecule has 0 spiro atoms. The molecule has 0 unspecified atom stereocenters. The summed E-state index contributed by atoms with van der Waals surface area (Å²) in [4.78, 5) is 1.31. The first-order valence-electron chi connectivity index (χ1n) is 6.01. The van der Waals surface area contributed by atoms with Crippen LogP contribution in [0.1, 0.15) is 0 Å². The maximum Gasteiger partial charge on any atom is 0.240 e. The van der Waals surface area contributed by atoms with E-state index < -0.39 is 10.0 Å². The fraction of sp³-hybridized carbons (Fsp3) is 0.143. The zero-order chi connectivity index (χ0) is 14.4. The number of sulfonamides is 1. The van der Waals surface area contributed by atoms with Crippen molar-refractivity contribution in [2.45, 2.75) is 9.79 Å². The minimum Gasteiger partial charge on any atom is -0.210 e. The Labute approximate surface area is 128 Å². The quantitative estimate of drug-likeness (QED) is 0.653. The van der Waals surface area contributed by atoms with Crippen molar-refractivity contribution in [1.29, 1.82) is 0 Å². The van der Waals surface area contributed by atoms with E-state index in [1.807, 2.05) is 30.3 Å². The van der Waals surface area contributed by atoms with E-state index in [2.05, 4.69) is 4.72 Å². The standard InChI is InChI=1S/C14H14ClNO2S2/c15-12-5-4-8-14(11-12)20(17,18)16-9-10-19-13-6-2-1-3-7-13/h1-8,11,16H,9-10H2. The molecule has 6 heteroatoms. The molecule has 0 amide bonds. The Morgan fingerprint density at radius 2 is 1.80 bits per heavy atom. The molecule has 0 aliphatic heterocycles. The summed E-state index contributed by atoms with van der Waals surface area (Å²) in [6.45, 7) is 0.369. The third kappa shape index (κ3) is 4.52. The molecule has 0 radical (unpaired) electrons. The first-order chi connectivity index (χ1) is 9.58. The highest BCUT2D eigenvalue weighted by Gasteiger charge is 2.13. The van der Waals surface area contributed by atoms with Gasteiger partial charge in [0.25, 0.3) is 0 Å². The first-order valence-corrected chi connectivity index (χ1v) is 8.86. The summed E-state index contributed by atoms with van der Waals surface area (Å²) in [5.74, 6) is 0.670. The molecule has 0 fully saturated rings. The SMILES string of the molecule is O=S(=O)(NCCSc1ccccc1)c1cccc(Cl)c1. The molecule has 3 nitrogen and oxygen atoms in total. The molecule has 0 saturated carbocycles. The van der Waals surface area contributed by atoms with Gasteiger partial charge in [0, 0.05) is 22.2 Å². The lowest BCUT2D eigenvalue weighted by molar-refractivity contribution is 0.584. The van der Waals surface area contributed by atoms with Crippen molar-refractivity contribution in [3.63, 3.8) is 0 Å². The van der Waals surface area contributed by atoms with Gasteiger partial charge in [0.15, 0.2) is 0 Å². The molecule has 0 aromatic heterocycles. The Kier molecular flexibility index (Phi) is 5.48. The van der Waals surface area contributed by atoms with Gasteiger partial charge < -0.3 is 0 Å². The largest absolute Gasteiger partial charge is 0.240 e. The highest BCUT2D eigenvalue weighted by atomic mass is 35.5. The van der Waals surface area contributed by atoms with Gasteiger partial charge in [0.1, 0.15) is 0 Å². The van der Waals surface area contributed by atoms with Crippen LogP contribution in [-0.2, 0) is 10.0 Å². The topological polar surface area (TPSA) is 46.2 Å². The van der Waals surface area contributed by atoms with Gasteiger partial charge in [0.05, 0.1) is 4.90 Å². The van der Waals surface area contributed by atoms with Crippen LogP contribution in [0.15, 0.2) is 64.4 Å². The van der Waals surface area contributed by atoms with Gasteiger partial charge in [-0.1, -0.05) is 35.9 Å². The highest BCUT2D eigenvalue weighted by molar-refractivity contribution is 7.99. The second-order valence-corrected chi connectivity index (χ2v) is 7.39. The van der Waals surface area contributed by atoms with Crippen molar-refractivity contribution < 1.29 is 8.42 Å². The smallest absolute Gasteiger partial charge is 0.210 e. The van der Waals surface area contributed by atoms with Crippen LogP contribution >= 0.6 is 23.4 Å². The zero-order valence-electron chi connectivity index (χ0n) is 10.6. The highest BCUT2D eigenvalue weighted by Crippen LogP contribution is 2.17. The van der Waals surface area contributed by atoms with Crippen LogP contribution in [0, 0.1) is 0 Å². The Morgan fingerprint density at radius 1 is 1.05 bits per heavy atom. The van der Waals surface area contributed by atoms with Crippen molar-refractivity contribution in [3.8, 4) is 0 Å². The van der Waals surface area contributed by atoms with Crippen LogP contribution < -0.4 is 4.72 Å². The summed E-state index contributed by atoms with van der Waals surface area (Å²) in [5, 5.41) is 0.409. The van der Waals surface area contributed by atoms with Crippen LogP contribution in [-0.4, -0.2) is 20.7 Å². The van der Waals surface area contributed by atoms with Crippen LogP contribution in [0.25, 0.3) is 0 Å². The lowest BCUT2D eigenvalue weighted by Crippen LogP contribution is -2.26. The fourth-order valence-electron chi connectivity index (χ4n) is 1.58. The monoisotopic (exact) mass is 327 g/mol. The molecule has 0 bridgehead atoms. The number of halogens is 1. The van der Waals surface area contributed by atoms with E-state index >= 15 is 0 Å². The molecule has 2 aromatic rings. The molecule has 106 valence electrons. The summed E-state index contributed by atoms with van der Waals surface area (Å²) >= 11 is 7.40. The number of nitrogens with one attached hydrogen (secondary N) is 1. The Morgan fingerprint density at radius 3 is 2.50 bits per heavy atom. The molecular weight excluding hydrogens is 314 g/mol. The Bertz CT molecular complexity index is 660. The molecule has 1 N–H and O–H groups in total. The maximum absolute atomic E-state index is 12.0. The van der Waals surface area contributed by atoms with Crippen LogP contribution in [0.3, 0.4) is 0 Å². The predicted octanol–water partition coefficient (Wildman–Crippen LogP) is 3.41. The van der Waals surface area contributed by atoms with Gasteiger partial charge in [0.2, 0.25) is 10.0 Å². The van der Waals surface area contributed by atoms with Gasteiger partial charge in [-0.05, 0) is 30.3 Å². The molecule has 0 heterocycles. The molecule has 0 atom stereocenters. The van der Waals surface area contributed by atoms with Crippen LogP contribution in [0.5, 0.6) is 0 Å². The summed E-state index contributed by atoms with van der Waals surface area (Å²) < 4.78 is 26.6. The van der Waals surface area contributed by atoms with Crippen molar-refractivity contribution in [1.82, 2.24) is 4.72 Å². The van der Waals surface area contributed by atoms with Gasteiger partial charge in [-0.15, -0.1) is 11.8 Å². The molecule has 0 saturated heterocycles. The Hall–Kier alpha value is -1.01. The fourth-order valence-corrected chi connectivity index (χ4v) is 3.83. The number of thioether (sulfide) groups is 1. The summed E-state index contributed by atoms with van der Waals surface area (Å²) in [5.41, 5.74) is 0. The molecular formula is C14H14ClNO2S2. The van der Waals surface area contributed by atoms with E-state index in [0.717, 1.165) is 4.90 Å². The zero-order valence-corrected chi connectivity index (χ0v) is 13.0. The minimum absolute atomic E-state index is 0.190. The average Bonchev–Trinajstić information content (AvgIpc) is 2.45. The van der Waals surface area contributed by atoms with Crippen molar-refractivity contribution in [2.75, 3.05) is 12.3 Å². The summed E-state index contributed by atoms with van der Waals surface area (Å²) in [6.07, 6.45) is 0. The van der Waals surface area contributed by atoms with Crippen molar-refractivity contribution >= 4 is 33.4 Å². The summed E-state index contributed by atoms with van der Waals surface area (Å²) in [7, 11) is -3.48. The van der Waals surface area contributed by atoms with Crippen LogP contribution in [0.2, 0.25) is 5.02 Å². The van der Waals surface area contributed by atoms with Gasteiger partial charge in [-0.2, -0.15) is 0 Å². The van der Waals surface area contributed by atoms with Crippen molar-refractivity contribution in [2.24, 2.45) is 0 Å². The maximum atomic E-state index is 12.0. The number of hydrogen-bond donors (Lipinski definition) is 1. The third-order valence-corrected chi connectivity index (χ3v) is 5.22. The molecule has 0 aliphatic rings. The minimum atomic E-state index is -3.48. The van der Waals surface area contributed by atoms with E-state index in [0.29, 0.717) is 17.3 Å².